The van der Waals surface area contributed by atoms with Crippen molar-refractivity contribution in [3.05, 3.63) is 52.8 Å². The maximum atomic E-state index is 13.7. The fourth-order valence-electron chi connectivity index (χ4n) is 4.76. The number of hydrogen-bond donors (Lipinski definition) is 0. The van der Waals surface area contributed by atoms with Crippen molar-refractivity contribution in [1.29, 1.82) is 0 Å². The first-order valence-corrected chi connectivity index (χ1v) is 11.1. The second-order valence-electron chi connectivity index (χ2n) is 7.88. The van der Waals surface area contributed by atoms with Gasteiger partial charge in [-0.2, -0.15) is 0 Å². The molecule has 2 aromatic rings. The molecule has 0 aliphatic carbocycles. The van der Waals surface area contributed by atoms with Gasteiger partial charge in [0.2, 0.25) is 5.91 Å². The van der Waals surface area contributed by atoms with E-state index < -0.39 is 10.0 Å². The van der Waals surface area contributed by atoms with Gasteiger partial charge in [-0.25, -0.2) is 12.8 Å². The molecule has 0 aromatic heterocycles. The summed E-state index contributed by atoms with van der Waals surface area (Å²) < 4.78 is 42.3. The van der Waals surface area contributed by atoms with Gasteiger partial charge in [-0.3, -0.25) is 9.10 Å². The third-order valence-corrected chi connectivity index (χ3v) is 7.96. The number of anilines is 2. The van der Waals surface area contributed by atoms with Gasteiger partial charge >= 0.3 is 0 Å². The van der Waals surface area contributed by atoms with Crippen molar-refractivity contribution >= 4 is 27.3 Å². The fourth-order valence-corrected chi connectivity index (χ4v) is 6.59. The van der Waals surface area contributed by atoms with E-state index in [4.69, 9.17) is 0 Å². The Morgan fingerprint density at radius 2 is 1.86 bits per heavy atom. The minimum Gasteiger partial charge on any atom is -0.312 e. The molecule has 0 radical (unpaired) electrons. The lowest BCUT2D eigenvalue weighted by Crippen LogP contribution is -2.42. The van der Waals surface area contributed by atoms with Gasteiger partial charge in [-0.05, 0) is 79.6 Å². The first-order valence-electron chi connectivity index (χ1n) is 9.65. The lowest BCUT2D eigenvalue weighted by molar-refractivity contribution is -0.117. The maximum absolute atomic E-state index is 13.7. The Morgan fingerprint density at radius 3 is 2.68 bits per heavy atom. The Hall–Kier alpha value is -2.41. The van der Waals surface area contributed by atoms with Crippen LogP contribution in [-0.4, -0.2) is 26.9 Å². The van der Waals surface area contributed by atoms with Gasteiger partial charge in [-0.1, -0.05) is 0 Å². The summed E-state index contributed by atoms with van der Waals surface area (Å²) in [6.07, 6.45) is 3.15. The highest BCUT2D eigenvalue weighted by Crippen LogP contribution is 2.41. The largest absolute Gasteiger partial charge is 0.312 e. The molecule has 0 bridgehead atoms. The minimum atomic E-state index is -3.82. The molecule has 0 saturated heterocycles. The third-order valence-electron chi connectivity index (χ3n) is 6.05. The molecule has 0 fully saturated rings. The van der Waals surface area contributed by atoms with Gasteiger partial charge in [0.05, 0.1) is 22.7 Å². The second-order valence-corrected chi connectivity index (χ2v) is 9.69. The van der Waals surface area contributed by atoms with Crippen molar-refractivity contribution in [2.75, 3.05) is 15.7 Å². The van der Waals surface area contributed by atoms with E-state index in [0.717, 1.165) is 29.7 Å². The first kappa shape index (κ1) is 17.7. The fraction of sp³-hybridized carbons (Fsp3) is 0.381. The quantitative estimate of drug-likeness (QED) is 0.778. The molecular formula is C21H21FN2O3S. The number of nitrogens with zero attached hydrogens (tertiary/aromatic N) is 2. The van der Waals surface area contributed by atoms with Gasteiger partial charge in [0.15, 0.2) is 0 Å². The Kier molecular flexibility index (Phi) is 3.81. The van der Waals surface area contributed by atoms with Crippen LogP contribution in [0.25, 0.3) is 0 Å². The summed E-state index contributed by atoms with van der Waals surface area (Å²) in [7, 11) is -3.82. The molecule has 28 heavy (non-hydrogen) atoms. The summed E-state index contributed by atoms with van der Waals surface area (Å²) in [4.78, 5) is 14.3. The van der Waals surface area contributed by atoms with Crippen LogP contribution in [0.1, 0.15) is 36.5 Å². The monoisotopic (exact) mass is 400 g/mol. The molecule has 0 saturated carbocycles. The molecule has 3 heterocycles. The summed E-state index contributed by atoms with van der Waals surface area (Å²) in [6.45, 7) is 2.58. The Balaban J connectivity index is 1.65. The number of rotatable bonds is 2. The molecule has 0 N–H and O–H groups in total. The summed E-state index contributed by atoms with van der Waals surface area (Å²) in [5, 5.41) is 0. The topological polar surface area (TPSA) is 57.7 Å². The zero-order chi connectivity index (χ0) is 19.6. The Morgan fingerprint density at radius 1 is 1.07 bits per heavy atom. The number of benzene rings is 2. The SMILES string of the molecule is CC1CCc2cc(F)ccc2N1S(=O)(=O)c1cc2c3c(c1)CC(=O)N3CCC2. The average Bonchev–Trinajstić information content (AvgIpc) is 2.99. The number of aryl methyl sites for hydroxylation is 2. The first-order chi connectivity index (χ1) is 13.4. The van der Waals surface area contributed by atoms with Crippen LogP contribution in [-0.2, 0) is 34.1 Å². The highest BCUT2D eigenvalue weighted by molar-refractivity contribution is 7.92. The normalized spacial score (nSPS) is 20.9. The van der Waals surface area contributed by atoms with Crippen LogP contribution in [0.3, 0.4) is 0 Å². The smallest absolute Gasteiger partial charge is 0.264 e. The van der Waals surface area contributed by atoms with Crippen molar-refractivity contribution in [2.45, 2.75) is 50.0 Å². The van der Waals surface area contributed by atoms with E-state index in [9.17, 15) is 17.6 Å². The van der Waals surface area contributed by atoms with Gasteiger partial charge < -0.3 is 4.90 Å². The number of fused-ring (bicyclic) bond motifs is 1. The van der Waals surface area contributed by atoms with Crippen molar-refractivity contribution in [2.24, 2.45) is 0 Å². The number of halogens is 1. The maximum Gasteiger partial charge on any atom is 0.264 e. The number of carbonyl (C=O) groups excluding carboxylic acids is 1. The predicted molar refractivity (Wildman–Crippen MR) is 105 cm³/mol. The molecule has 1 amide bonds. The molecule has 5 rings (SSSR count). The van der Waals surface area contributed by atoms with Gasteiger partial charge in [0.25, 0.3) is 10.0 Å². The summed E-state index contributed by atoms with van der Waals surface area (Å²) in [5.41, 5.74) is 3.89. The van der Waals surface area contributed by atoms with Gasteiger partial charge in [-0.15, -0.1) is 0 Å². The number of carbonyl (C=O) groups is 1. The molecule has 7 heteroatoms. The van der Waals surface area contributed by atoms with Crippen LogP contribution in [0.2, 0.25) is 0 Å². The molecule has 1 unspecified atom stereocenters. The zero-order valence-electron chi connectivity index (χ0n) is 15.6. The molecule has 146 valence electrons. The highest BCUT2D eigenvalue weighted by Gasteiger charge is 2.38. The van der Waals surface area contributed by atoms with Crippen molar-refractivity contribution < 1.29 is 17.6 Å². The third kappa shape index (κ3) is 2.49. The minimum absolute atomic E-state index is 0.0395. The molecule has 3 aliphatic heterocycles. The van der Waals surface area contributed by atoms with Crippen LogP contribution in [0.4, 0.5) is 15.8 Å². The Bertz CT molecular complexity index is 1110. The molecule has 2 aromatic carbocycles. The molecule has 3 aliphatic rings. The number of hydrogen-bond acceptors (Lipinski definition) is 3. The van der Waals surface area contributed by atoms with E-state index >= 15 is 0 Å². The van der Waals surface area contributed by atoms with Crippen LogP contribution >= 0.6 is 0 Å². The van der Waals surface area contributed by atoms with Gasteiger partial charge in [0, 0.05) is 12.6 Å². The molecule has 5 nitrogen and oxygen atoms in total. The molecule has 1 atom stereocenters. The highest BCUT2D eigenvalue weighted by atomic mass is 32.2. The van der Waals surface area contributed by atoms with Crippen molar-refractivity contribution in [1.82, 2.24) is 0 Å². The molecule has 0 spiro atoms. The summed E-state index contributed by atoms with van der Waals surface area (Å²) >= 11 is 0. The number of sulfonamides is 1. The standard InChI is InChI=1S/C21H21FN2O3S/c1-13-4-5-14-9-17(22)6-7-19(14)24(13)28(26,27)18-10-15-3-2-8-23-20(25)12-16(11-18)21(15)23/h6-7,9-11,13H,2-5,8,12H2,1H3. The zero-order valence-corrected chi connectivity index (χ0v) is 16.4. The molecular weight excluding hydrogens is 379 g/mol. The van der Waals surface area contributed by atoms with Crippen LogP contribution < -0.4 is 9.21 Å². The summed E-state index contributed by atoms with van der Waals surface area (Å²) in [5.74, 6) is -0.316. The Labute approximate surface area is 163 Å². The van der Waals surface area contributed by atoms with Crippen molar-refractivity contribution in [3.8, 4) is 0 Å². The van der Waals surface area contributed by atoms with Gasteiger partial charge in [0.1, 0.15) is 5.82 Å². The van der Waals surface area contributed by atoms with E-state index in [2.05, 4.69) is 0 Å². The van der Waals surface area contributed by atoms with E-state index in [1.807, 2.05) is 6.92 Å². The van der Waals surface area contributed by atoms with E-state index in [0.29, 0.717) is 30.6 Å². The lowest BCUT2D eigenvalue weighted by atomic mass is 9.99. The second kappa shape index (κ2) is 6.04. The lowest BCUT2D eigenvalue weighted by Gasteiger charge is -2.36. The predicted octanol–water partition coefficient (Wildman–Crippen LogP) is 3.19. The average molecular weight is 400 g/mol. The van der Waals surface area contributed by atoms with Crippen molar-refractivity contribution in [3.63, 3.8) is 0 Å². The van der Waals surface area contributed by atoms with Crippen LogP contribution in [0, 0.1) is 5.82 Å². The van der Waals surface area contributed by atoms with Crippen LogP contribution in [0.15, 0.2) is 35.2 Å². The number of amides is 1. The van der Waals surface area contributed by atoms with E-state index in [1.54, 1.807) is 23.1 Å². The van der Waals surface area contributed by atoms with E-state index in [1.165, 1.54) is 16.4 Å². The van der Waals surface area contributed by atoms with E-state index in [-0.39, 0.29) is 29.1 Å². The van der Waals surface area contributed by atoms with Crippen LogP contribution in [0.5, 0.6) is 0 Å². The summed E-state index contributed by atoms with van der Waals surface area (Å²) in [6, 6.07) is 7.45.